The van der Waals surface area contributed by atoms with Crippen LogP contribution in [0.25, 0.3) is 10.9 Å². The number of hydrazine groups is 1. The molecule has 0 radical (unpaired) electrons. The number of aryl methyl sites for hydroxylation is 2. The number of halogens is 1. The molecule has 18 heavy (non-hydrogen) atoms. The van der Waals surface area contributed by atoms with Crippen molar-refractivity contribution in [3.63, 3.8) is 0 Å². The normalized spacial score (nSPS) is 14.6. The van der Waals surface area contributed by atoms with Crippen LogP contribution in [0, 0.1) is 12.7 Å². The quantitative estimate of drug-likeness (QED) is 0.600. The predicted molar refractivity (Wildman–Crippen MR) is 70.9 cm³/mol. The van der Waals surface area contributed by atoms with Gasteiger partial charge in [0.05, 0.1) is 16.6 Å². The molecule has 3 rings (SSSR count). The Hall–Kier alpha value is -1.68. The molecule has 1 heterocycles. The van der Waals surface area contributed by atoms with E-state index in [-0.39, 0.29) is 5.82 Å². The van der Waals surface area contributed by atoms with Gasteiger partial charge in [-0.05, 0) is 49.8 Å². The van der Waals surface area contributed by atoms with Crippen molar-refractivity contribution in [2.75, 3.05) is 5.43 Å². The maximum atomic E-state index is 14.0. The lowest BCUT2D eigenvalue weighted by Crippen LogP contribution is -2.16. The molecule has 0 aliphatic heterocycles. The first-order chi connectivity index (χ1) is 8.72. The molecular formula is C14H16FN3. The summed E-state index contributed by atoms with van der Waals surface area (Å²) in [5, 5.41) is 0.526. The van der Waals surface area contributed by atoms with Gasteiger partial charge in [-0.3, -0.25) is 10.8 Å². The van der Waals surface area contributed by atoms with E-state index in [1.54, 1.807) is 6.07 Å². The van der Waals surface area contributed by atoms with E-state index in [2.05, 4.69) is 10.4 Å². The molecular weight excluding hydrogens is 229 g/mol. The number of hydrogen-bond donors (Lipinski definition) is 2. The number of nitrogens with one attached hydrogen (secondary N) is 1. The van der Waals surface area contributed by atoms with E-state index in [4.69, 9.17) is 5.84 Å². The molecule has 4 heteroatoms. The van der Waals surface area contributed by atoms with E-state index in [1.165, 1.54) is 6.07 Å². The topological polar surface area (TPSA) is 50.9 Å². The number of nitrogens with two attached hydrogens (primary N) is 1. The number of hydrogen-bond acceptors (Lipinski definition) is 3. The Balaban J connectivity index is 2.44. The van der Waals surface area contributed by atoms with Crippen molar-refractivity contribution in [2.45, 2.75) is 32.6 Å². The predicted octanol–water partition coefficient (Wildman–Crippen LogP) is 2.85. The summed E-state index contributed by atoms with van der Waals surface area (Å²) >= 11 is 0. The largest absolute Gasteiger partial charge is 0.323 e. The van der Waals surface area contributed by atoms with Gasteiger partial charge in [0.25, 0.3) is 0 Å². The first kappa shape index (κ1) is 11.4. The first-order valence-corrected chi connectivity index (χ1v) is 6.29. The number of rotatable bonds is 1. The number of aromatic nitrogens is 1. The third-order valence-corrected chi connectivity index (χ3v) is 3.71. The number of nitrogens with zero attached hydrogens (tertiary/aromatic N) is 1. The first-order valence-electron chi connectivity index (χ1n) is 6.29. The molecule has 1 aliphatic carbocycles. The Bertz CT molecular complexity index is 622. The molecule has 94 valence electrons. The van der Waals surface area contributed by atoms with Crippen molar-refractivity contribution in [1.29, 1.82) is 0 Å². The number of nitrogen functional groups attached to an aromatic ring is 1. The van der Waals surface area contributed by atoms with E-state index < -0.39 is 0 Å². The average molecular weight is 245 g/mol. The minimum Gasteiger partial charge on any atom is -0.323 e. The molecule has 1 aromatic heterocycles. The van der Waals surface area contributed by atoms with Crippen LogP contribution in [-0.2, 0) is 12.8 Å². The Labute approximate surface area is 105 Å². The molecule has 0 saturated heterocycles. The Morgan fingerprint density at radius 1 is 1.28 bits per heavy atom. The Morgan fingerprint density at radius 3 is 2.83 bits per heavy atom. The third-order valence-electron chi connectivity index (χ3n) is 3.71. The lowest BCUT2D eigenvalue weighted by atomic mass is 9.92. The van der Waals surface area contributed by atoms with Crippen molar-refractivity contribution >= 4 is 16.6 Å². The Kier molecular flexibility index (Phi) is 2.67. The minimum absolute atomic E-state index is 0.260. The highest BCUT2D eigenvalue weighted by Gasteiger charge is 2.20. The third kappa shape index (κ3) is 1.56. The summed E-state index contributed by atoms with van der Waals surface area (Å²) in [5.41, 5.74) is 7.26. The van der Waals surface area contributed by atoms with E-state index >= 15 is 0 Å². The molecule has 0 amide bonds. The molecule has 0 fully saturated rings. The van der Waals surface area contributed by atoms with Gasteiger partial charge in [-0.15, -0.1) is 0 Å². The van der Waals surface area contributed by atoms with Crippen LogP contribution in [0.15, 0.2) is 12.1 Å². The van der Waals surface area contributed by atoms with Gasteiger partial charge < -0.3 is 5.43 Å². The fourth-order valence-corrected chi connectivity index (χ4v) is 2.78. The van der Waals surface area contributed by atoms with Gasteiger partial charge >= 0.3 is 0 Å². The van der Waals surface area contributed by atoms with Gasteiger partial charge in [0.2, 0.25) is 0 Å². The van der Waals surface area contributed by atoms with Crippen molar-refractivity contribution in [3.05, 3.63) is 34.8 Å². The molecule has 2 aromatic rings. The SMILES string of the molecule is Cc1ccc(F)c2c(NN)c3c(nc12)CCCC3. The van der Waals surface area contributed by atoms with Crippen molar-refractivity contribution < 1.29 is 4.39 Å². The fraction of sp³-hybridized carbons (Fsp3) is 0.357. The summed E-state index contributed by atoms with van der Waals surface area (Å²) in [6, 6.07) is 3.25. The average Bonchev–Trinajstić information content (AvgIpc) is 2.41. The summed E-state index contributed by atoms with van der Waals surface area (Å²) < 4.78 is 14.0. The molecule has 0 spiro atoms. The van der Waals surface area contributed by atoms with Gasteiger partial charge in [0.1, 0.15) is 5.82 Å². The lowest BCUT2D eigenvalue weighted by Gasteiger charge is -2.21. The molecule has 0 saturated carbocycles. The van der Waals surface area contributed by atoms with Crippen LogP contribution in [0.3, 0.4) is 0 Å². The highest BCUT2D eigenvalue weighted by Crippen LogP contribution is 2.35. The van der Waals surface area contributed by atoms with Gasteiger partial charge in [0.15, 0.2) is 0 Å². The minimum atomic E-state index is -0.260. The summed E-state index contributed by atoms with van der Waals surface area (Å²) in [5.74, 6) is 5.35. The zero-order valence-corrected chi connectivity index (χ0v) is 10.4. The highest BCUT2D eigenvalue weighted by atomic mass is 19.1. The van der Waals surface area contributed by atoms with Gasteiger partial charge in [-0.1, -0.05) is 6.07 Å². The molecule has 0 unspecified atom stereocenters. The summed E-state index contributed by atoms with van der Waals surface area (Å²) in [4.78, 5) is 4.65. The number of anilines is 1. The van der Waals surface area contributed by atoms with Gasteiger partial charge in [0, 0.05) is 5.69 Å². The summed E-state index contributed by atoms with van der Waals surface area (Å²) in [6.45, 7) is 1.95. The van der Waals surface area contributed by atoms with Crippen LogP contribution < -0.4 is 11.3 Å². The van der Waals surface area contributed by atoms with E-state index in [1.807, 2.05) is 6.92 Å². The fourth-order valence-electron chi connectivity index (χ4n) is 2.78. The summed E-state index contributed by atoms with van der Waals surface area (Å²) in [6.07, 6.45) is 4.13. The van der Waals surface area contributed by atoms with Crippen LogP contribution in [0.4, 0.5) is 10.1 Å². The number of fused-ring (bicyclic) bond motifs is 2. The molecule has 0 atom stereocenters. The summed E-state index contributed by atoms with van der Waals surface area (Å²) in [7, 11) is 0. The maximum absolute atomic E-state index is 14.0. The van der Waals surface area contributed by atoms with Crippen LogP contribution in [0.1, 0.15) is 29.7 Å². The van der Waals surface area contributed by atoms with Crippen LogP contribution in [0.5, 0.6) is 0 Å². The van der Waals surface area contributed by atoms with E-state index in [9.17, 15) is 4.39 Å². The zero-order chi connectivity index (χ0) is 12.7. The second kappa shape index (κ2) is 4.21. The molecule has 1 aliphatic rings. The zero-order valence-electron chi connectivity index (χ0n) is 10.4. The second-order valence-corrected chi connectivity index (χ2v) is 4.85. The highest BCUT2D eigenvalue weighted by molar-refractivity contribution is 5.95. The van der Waals surface area contributed by atoms with Crippen LogP contribution in [-0.4, -0.2) is 4.98 Å². The Morgan fingerprint density at radius 2 is 2.06 bits per heavy atom. The molecule has 1 aromatic carbocycles. The van der Waals surface area contributed by atoms with Gasteiger partial charge in [-0.25, -0.2) is 4.39 Å². The molecule has 3 N–H and O–H groups in total. The number of benzene rings is 1. The van der Waals surface area contributed by atoms with Crippen LogP contribution >= 0.6 is 0 Å². The number of pyridine rings is 1. The van der Waals surface area contributed by atoms with Crippen LogP contribution in [0.2, 0.25) is 0 Å². The smallest absolute Gasteiger partial charge is 0.134 e. The van der Waals surface area contributed by atoms with E-state index in [0.29, 0.717) is 5.39 Å². The van der Waals surface area contributed by atoms with E-state index in [0.717, 1.165) is 53.7 Å². The monoisotopic (exact) mass is 245 g/mol. The molecule has 0 bridgehead atoms. The lowest BCUT2D eigenvalue weighted by molar-refractivity contribution is 0.637. The van der Waals surface area contributed by atoms with Crippen molar-refractivity contribution in [1.82, 2.24) is 4.98 Å². The van der Waals surface area contributed by atoms with Crippen molar-refractivity contribution in [2.24, 2.45) is 5.84 Å². The van der Waals surface area contributed by atoms with Crippen molar-refractivity contribution in [3.8, 4) is 0 Å². The maximum Gasteiger partial charge on any atom is 0.134 e. The van der Waals surface area contributed by atoms with Gasteiger partial charge in [-0.2, -0.15) is 0 Å². The second-order valence-electron chi connectivity index (χ2n) is 4.85. The molecule has 3 nitrogen and oxygen atoms in total. The standard InChI is InChI=1S/C14H16FN3/c1-8-6-7-10(15)12-13(8)17-11-5-3-2-4-9(11)14(12)18-16/h6-7H,2-5,16H2,1H3,(H,17,18).